The van der Waals surface area contributed by atoms with Gasteiger partial charge in [0.1, 0.15) is 5.75 Å². The predicted octanol–water partition coefficient (Wildman–Crippen LogP) is 3.62. The van der Waals surface area contributed by atoms with Crippen LogP contribution in [0.15, 0.2) is 30.6 Å². The number of tetrazole rings is 1. The minimum absolute atomic E-state index is 0.000770. The number of nitrogens with zero attached hydrogens (tertiary/aromatic N) is 6. The standard InChI is InChI=1S/C12H6Cl2F2N6O/c13-6-4-17-12(18-5-6)23-8-3-1-2-7(14)9(8)10-19-21-22(20-10)11(15)16/h1-5,11H. The van der Waals surface area contributed by atoms with Gasteiger partial charge in [-0.3, -0.25) is 0 Å². The molecule has 0 aliphatic rings. The number of hydrogen-bond acceptors (Lipinski definition) is 6. The van der Waals surface area contributed by atoms with Crippen molar-refractivity contribution in [3.05, 3.63) is 40.6 Å². The number of aromatic nitrogens is 6. The van der Waals surface area contributed by atoms with Crippen LogP contribution in [0.4, 0.5) is 8.78 Å². The molecule has 0 atom stereocenters. The van der Waals surface area contributed by atoms with E-state index in [4.69, 9.17) is 27.9 Å². The Morgan fingerprint density at radius 3 is 2.52 bits per heavy atom. The van der Waals surface area contributed by atoms with Gasteiger partial charge in [0.05, 0.1) is 28.0 Å². The highest BCUT2D eigenvalue weighted by Crippen LogP contribution is 2.36. The lowest BCUT2D eigenvalue weighted by molar-refractivity contribution is 0.0397. The van der Waals surface area contributed by atoms with Crippen LogP contribution in [-0.2, 0) is 0 Å². The summed E-state index contributed by atoms with van der Waals surface area (Å²) in [5.74, 6) is 0.0773. The number of rotatable bonds is 4. The van der Waals surface area contributed by atoms with E-state index in [9.17, 15) is 8.78 Å². The van der Waals surface area contributed by atoms with Crippen LogP contribution in [0.2, 0.25) is 10.0 Å². The maximum Gasteiger partial charge on any atom is 0.350 e. The minimum atomic E-state index is -2.91. The molecule has 0 spiro atoms. The Morgan fingerprint density at radius 1 is 1.13 bits per heavy atom. The second-order valence-corrected chi connectivity index (χ2v) is 4.95. The van der Waals surface area contributed by atoms with E-state index in [1.54, 1.807) is 12.1 Å². The topological polar surface area (TPSA) is 78.6 Å². The summed E-state index contributed by atoms with van der Waals surface area (Å²) >= 11 is 11.8. The Morgan fingerprint density at radius 2 is 1.87 bits per heavy atom. The van der Waals surface area contributed by atoms with Gasteiger partial charge in [-0.1, -0.05) is 34.1 Å². The lowest BCUT2D eigenvalue weighted by Gasteiger charge is -2.08. The molecule has 11 heteroatoms. The highest BCUT2D eigenvalue weighted by molar-refractivity contribution is 6.33. The van der Waals surface area contributed by atoms with Gasteiger partial charge >= 0.3 is 12.6 Å². The fourth-order valence-corrected chi connectivity index (χ4v) is 2.01. The van der Waals surface area contributed by atoms with Crippen molar-refractivity contribution in [3.8, 4) is 23.1 Å². The van der Waals surface area contributed by atoms with E-state index in [2.05, 4.69) is 25.4 Å². The summed E-state index contributed by atoms with van der Waals surface area (Å²) in [6.45, 7) is -2.91. The molecule has 118 valence electrons. The average molecular weight is 359 g/mol. The fraction of sp³-hybridized carbons (Fsp3) is 0.0833. The molecule has 23 heavy (non-hydrogen) atoms. The van der Waals surface area contributed by atoms with Crippen molar-refractivity contribution in [2.45, 2.75) is 6.55 Å². The number of halogens is 4. The molecule has 0 N–H and O–H groups in total. The maximum absolute atomic E-state index is 12.6. The Balaban J connectivity index is 2.00. The van der Waals surface area contributed by atoms with E-state index in [1.165, 1.54) is 18.5 Å². The molecule has 0 amide bonds. The molecule has 0 saturated heterocycles. The quantitative estimate of drug-likeness (QED) is 0.708. The lowest BCUT2D eigenvalue weighted by atomic mass is 10.2. The van der Waals surface area contributed by atoms with Crippen LogP contribution in [0.25, 0.3) is 11.4 Å². The van der Waals surface area contributed by atoms with Crippen molar-refractivity contribution in [2.24, 2.45) is 0 Å². The van der Waals surface area contributed by atoms with Crippen LogP contribution in [0, 0.1) is 0 Å². The molecule has 3 aromatic rings. The molecule has 3 rings (SSSR count). The van der Waals surface area contributed by atoms with Crippen LogP contribution in [0.1, 0.15) is 6.55 Å². The van der Waals surface area contributed by atoms with Crippen molar-refractivity contribution < 1.29 is 13.5 Å². The minimum Gasteiger partial charge on any atom is -0.423 e. The summed E-state index contributed by atoms with van der Waals surface area (Å²) in [5, 5.41) is 10.9. The van der Waals surface area contributed by atoms with E-state index in [1.807, 2.05) is 0 Å². The van der Waals surface area contributed by atoms with E-state index >= 15 is 0 Å². The molecule has 0 fully saturated rings. The highest BCUT2D eigenvalue weighted by Gasteiger charge is 2.19. The third-order valence-corrected chi connectivity index (χ3v) is 3.11. The molecule has 7 nitrogen and oxygen atoms in total. The summed E-state index contributed by atoms with van der Waals surface area (Å²) in [6.07, 6.45) is 2.69. The molecule has 0 saturated carbocycles. The van der Waals surface area contributed by atoms with E-state index in [0.29, 0.717) is 5.02 Å². The van der Waals surface area contributed by atoms with Gasteiger partial charge in [0.25, 0.3) is 0 Å². The van der Waals surface area contributed by atoms with Gasteiger partial charge in [0, 0.05) is 0 Å². The van der Waals surface area contributed by atoms with Gasteiger partial charge in [-0.2, -0.15) is 8.78 Å². The molecule has 0 bridgehead atoms. The summed E-state index contributed by atoms with van der Waals surface area (Å²) in [4.78, 5) is 7.93. The predicted molar refractivity (Wildman–Crippen MR) is 76.6 cm³/mol. The van der Waals surface area contributed by atoms with E-state index < -0.39 is 6.55 Å². The molecule has 2 heterocycles. The van der Waals surface area contributed by atoms with Crippen molar-refractivity contribution in [1.82, 2.24) is 30.2 Å². The van der Waals surface area contributed by atoms with Gasteiger partial charge in [0.2, 0.25) is 5.82 Å². The van der Waals surface area contributed by atoms with Crippen molar-refractivity contribution in [3.63, 3.8) is 0 Å². The van der Waals surface area contributed by atoms with Crippen LogP contribution in [0.3, 0.4) is 0 Å². The summed E-state index contributed by atoms with van der Waals surface area (Å²) in [6, 6.07) is 4.69. The normalized spacial score (nSPS) is 11.0. The van der Waals surface area contributed by atoms with Gasteiger partial charge in [-0.25, -0.2) is 9.97 Å². The molecule has 0 aliphatic carbocycles. The van der Waals surface area contributed by atoms with E-state index in [0.717, 1.165) is 0 Å². The average Bonchev–Trinajstić information content (AvgIpc) is 2.99. The van der Waals surface area contributed by atoms with Gasteiger partial charge in [-0.05, 0) is 17.3 Å². The number of benzene rings is 1. The smallest absolute Gasteiger partial charge is 0.350 e. The molecule has 0 radical (unpaired) electrons. The third kappa shape index (κ3) is 3.35. The molecule has 1 aromatic carbocycles. The first-order valence-corrected chi connectivity index (χ1v) is 6.82. The second-order valence-electron chi connectivity index (χ2n) is 4.11. The van der Waals surface area contributed by atoms with Gasteiger partial charge in [-0.15, -0.1) is 10.2 Å². The first-order valence-electron chi connectivity index (χ1n) is 6.06. The van der Waals surface area contributed by atoms with Crippen LogP contribution in [0.5, 0.6) is 11.8 Å². The Labute approximate surface area is 137 Å². The summed E-state index contributed by atoms with van der Waals surface area (Å²) in [7, 11) is 0. The van der Waals surface area contributed by atoms with Crippen molar-refractivity contribution in [2.75, 3.05) is 0 Å². The van der Waals surface area contributed by atoms with Crippen LogP contribution < -0.4 is 4.74 Å². The second kappa shape index (κ2) is 6.39. The zero-order valence-electron chi connectivity index (χ0n) is 11.1. The van der Waals surface area contributed by atoms with Gasteiger partial charge < -0.3 is 4.74 Å². The van der Waals surface area contributed by atoms with Crippen molar-refractivity contribution >= 4 is 23.2 Å². The molecular weight excluding hydrogens is 353 g/mol. The summed E-state index contributed by atoms with van der Waals surface area (Å²) < 4.78 is 30.7. The number of hydrogen-bond donors (Lipinski definition) is 0. The largest absolute Gasteiger partial charge is 0.423 e. The third-order valence-electron chi connectivity index (χ3n) is 2.60. The van der Waals surface area contributed by atoms with Gasteiger partial charge in [0.15, 0.2) is 0 Å². The Kier molecular flexibility index (Phi) is 4.30. The number of ether oxygens (including phenoxy) is 1. The fourth-order valence-electron chi connectivity index (χ4n) is 1.67. The molecular formula is C12H6Cl2F2N6O. The van der Waals surface area contributed by atoms with Crippen molar-refractivity contribution in [1.29, 1.82) is 0 Å². The zero-order valence-corrected chi connectivity index (χ0v) is 12.6. The van der Waals surface area contributed by atoms with Crippen LogP contribution in [-0.4, -0.2) is 30.2 Å². The lowest BCUT2D eigenvalue weighted by Crippen LogP contribution is -2.02. The maximum atomic E-state index is 12.6. The molecule has 0 aliphatic heterocycles. The van der Waals surface area contributed by atoms with Crippen LogP contribution >= 0.6 is 23.2 Å². The molecule has 0 unspecified atom stereocenters. The Hall–Kier alpha value is -2.39. The number of alkyl halides is 2. The Bertz CT molecular complexity index is 827. The SMILES string of the molecule is FC(F)n1nnc(-c2c(Cl)cccc2Oc2ncc(Cl)cn2)n1. The first kappa shape index (κ1) is 15.5. The highest BCUT2D eigenvalue weighted by atomic mass is 35.5. The monoisotopic (exact) mass is 358 g/mol. The molecule has 2 aromatic heterocycles. The first-order chi connectivity index (χ1) is 11.0. The zero-order chi connectivity index (χ0) is 16.4. The summed E-state index contributed by atoms with van der Waals surface area (Å²) in [5.41, 5.74) is 0.194. The van der Waals surface area contributed by atoms with E-state index in [-0.39, 0.29) is 33.0 Å².